The molecule has 0 bridgehead atoms. The Bertz CT molecular complexity index is 376. The molecule has 17 heavy (non-hydrogen) atoms. The molecule has 0 atom stereocenters. The van der Waals surface area contributed by atoms with Crippen molar-refractivity contribution in [1.82, 2.24) is 10.6 Å². The van der Waals surface area contributed by atoms with Crippen LogP contribution in [0.25, 0.3) is 0 Å². The van der Waals surface area contributed by atoms with Crippen LogP contribution >= 0.6 is 12.4 Å². The van der Waals surface area contributed by atoms with Gasteiger partial charge in [-0.05, 0) is 12.2 Å². The summed E-state index contributed by atoms with van der Waals surface area (Å²) >= 11 is 0. The highest BCUT2D eigenvalue weighted by atomic mass is 35.5. The van der Waals surface area contributed by atoms with Gasteiger partial charge in [0.1, 0.15) is 6.54 Å². The molecule has 0 unspecified atom stereocenters. The lowest BCUT2D eigenvalue weighted by molar-refractivity contribution is -0.138. The molecule has 0 saturated heterocycles. The van der Waals surface area contributed by atoms with Gasteiger partial charge in [-0.15, -0.1) is 12.4 Å². The van der Waals surface area contributed by atoms with Gasteiger partial charge >= 0.3 is 5.97 Å². The smallest absolute Gasteiger partial charge is 0.327 e. The minimum Gasteiger partial charge on any atom is -0.468 e. The number of carbonyl (C=O) groups is 1. The van der Waals surface area contributed by atoms with Crippen molar-refractivity contribution in [2.75, 3.05) is 13.7 Å². The third kappa shape index (κ3) is 6.21. The SMILES string of the molecule is COC(=O)CN=C(N)NC1=NC=CC=CN1.Cl. The molecule has 7 nitrogen and oxygen atoms in total. The third-order valence-corrected chi connectivity index (χ3v) is 1.57. The molecule has 0 amide bonds. The van der Waals surface area contributed by atoms with E-state index >= 15 is 0 Å². The number of halogens is 1. The Labute approximate surface area is 105 Å². The number of nitrogens with one attached hydrogen (secondary N) is 2. The van der Waals surface area contributed by atoms with Crippen LogP contribution in [0.15, 0.2) is 34.5 Å². The molecule has 0 aromatic rings. The fraction of sp³-hybridized carbons (Fsp3) is 0.222. The van der Waals surface area contributed by atoms with Crippen LogP contribution in [0.4, 0.5) is 0 Å². The second kappa shape index (κ2) is 8.17. The molecule has 1 aliphatic heterocycles. The molecular formula is C9H14ClN5O2. The number of carbonyl (C=O) groups excluding carboxylic acids is 1. The van der Waals surface area contributed by atoms with Crippen molar-refractivity contribution in [3.8, 4) is 0 Å². The van der Waals surface area contributed by atoms with Gasteiger partial charge in [-0.1, -0.05) is 0 Å². The van der Waals surface area contributed by atoms with Crippen LogP contribution in [0, 0.1) is 0 Å². The van der Waals surface area contributed by atoms with E-state index in [1.807, 2.05) is 0 Å². The molecule has 0 saturated carbocycles. The first-order valence-corrected chi connectivity index (χ1v) is 4.52. The lowest BCUT2D eigenvalue weighted by Gasteiger charge is -2.06. The van der Waals surface area contributed by atoms with Crippen molar-refractivity contribution in [2.45, 2.75) is 0 Å². The van der Waals surface area contributed by atoms with Crippen molar-refractivity contribution >= 4 is 30.3 Å². The molecule has 1 rings (SSSR count). The summed E-state index contributed by atoms with van der Waals surface area (Å²) in [6.45, 7) is -0.131. The van der Waals surface area contributed by atoms with Crippen molar-refractivity contribution in [2.24, 2.45) is 15.7 Å². The number of esters is 1. The van der Waals surface area contributed by atoms with Gasteiger partial charge in [-0.25, -0.2) is 9.98 Å². The Kier molecular flexibility index (Phi) is 7.20. The molecular weight excluding hydrogens is 246 g/mol. The van der Waals surface area contributed by atoms with E-state index < -0.39 is 5.97 Å². The number of allylic oxidation sites excluding steroid dienone is 2. The fourth-order valence-electron chi connectivity index (χ4n) is 0.831. The third-order valence-electron chi connectivity index (χ3n) is 1.57. The summed E-state index contributed by atoms with van der Waals surface area (Å²) in [5, 5.41) is 5.53. The highest BCUT2D eigenvalue weighted by molar-refractivity contribution is 5.99. The Hall–Kier alpha value is -2.02. The Morgan fingerprint density at radius 3 is 3.12 bits per heavy atom. The number of aliphatic imine (C=N–C) groups is 2. The maximum atomic E-state index is 10.8. The molecule has 1 aliphatic rings. The highest BCUT2D eigenvalue weighted by Gasteiger charge is 2.01. The zero-order chi connectivity index (χ0) is 11.8. The van der Waals surface area contributed by atoms with Crippen LogP contribution in [-0.2, 0) is 9.53 Å². The summed E-state index contributed by atoms with van der Waals surface area (Å²) in [5.74, 6) is 0.0526. The maximum absolute atomic E-state index is 10.8. The molecule has 8 heteroatoms. The summed E-state index contributed by atoms with van der Waals surface area (Å²) in [4.78, 5) is 18.5. The zero-order valence-corrected chi connectivity index (χ0v) is 10.0. The molecule has 0 radical (unpaired) electrons. The lowest BCUT2D eigenvalue weighted by atomic mass is 10.6. The Morgan fingerprint density at radius 2 is 2.41 bits per heavy atom. The van der Waals surface area contributed by atoms with Crippen LogP contribution in [0.5, 0.6) is 0 Å². The molecule has 0 aromatic carbocycles. The van der Waals surface area contributed by atoms with Gasteiger partial charge in [0.15, 0.2) is 5.96 Å². The van der Waals surface area contributed by atoms with Crippen molar-refractivity contribution in [1.29, 1.82) is 0 Å². The molecule has 0 aliphatic carbocycles. The number of ether oxygens (including phenoxy) is 1. The summed E-state index contributed by atoms with van der Waals surface area (Å²) in [6, 6.07) is 0. The van der Waals surface area contributed by atoms with Gasteiger partial charge in [-0.3, -0.25) is 10.1 Å². The lowest BCUT2D eigenvalue weighted by Crippen LogP contribution is -2.42. The van der Waals surface area contributed by atoms with Crippen LogP contribution in [-0.4, -0.2) is 31.5 Å². The van der Waals surface area contributed by atoms with Gasteiger partial charge in [-0.2, -0.15) is 0 Å². The number of hydrogen-bond donors (Lipinski definition) is 3. The monoisotopic (exact) mass is 259 g/mol. The van der Waals surface area contributed by atoms with Gasteiger partial charge < -0.3 is 15.8 Å². The highest BCUT2D eigenvalue weighted by Crippen LogP contribution is 1.84. The van der Waals surface area contributed by atoms with Crippen LogP contribution < -0.4 is 16.4 Å². The quantitative estimate of drug-likeness (QED) is 0.352. The molecule has 94 valence electrons. The minimum absolute atomic E-state index is 0. The number of rotatable bonds is 2. The predicted octanol–water partition coefficient (Wildman–Crippen LogP) is -0.528. The van der Waals surface area contributed by atoms with Crippen molar-refractivity contribution in [3.05, 3.63) is 24.6 Å². The van der Waals surface area contributed by atoms with Crippen LogP contribution in [0.1, 0.15) is 0 Å². The summed E-state index contributed by atoms with van der Waals surface area (Å²) < 4.78 is 4.41. The number of nitrogens with zero attached hydrogens (tertiary/aromatic N) is 2. The second-order valence-corrected chi connectivity index (χ2v) is 2.73. The first-order chi connectivity index (χ1) is 7.72. The fourth-order valence-corrected chi connectivity index (χ4v) is 0.831. The number of nitrogens with two attached hydrogens (primary N) is 1. The van der Waals surface area contributed by atoms with E-state index in [-0.39, 0.29) is 24.9 Å². The molecule has 0 fully saturated rings. The van der Waals surface area contributed by atoms with Gasteiger partial charge in [0.2, 0.25) is 5.96 Å². The maximum Gasteiger partial charge on any atom is 0.327 e. The average Bonchev–Trinajstić information content (AvgIpc) is 2.54. The largest absolute Gasteiger partial charge is 0.468 e. The van der Waals surface area contributed by atoms with Crippen LogP contribution in [0.2, 0.25) is 0 Å². The second-order valence-electron chi connectivity index (χ2n) is 2.73. The van der Waals surface area contributed by atoms with Gasteiger partial charge in [0.25, 0.3) is 0 Å². The summed E-state index contributed by atoms with van der Waals surface area (Å²) in [5.41, 5.74) is 5.52. The Morgan fingerprint density at radius 1 is 1.65 bits per heavy atom. The standard InChI is InChI=1S/C9H13N5O2.ClH/c1-16-7(15)6-13-8(10)14-9-11-4-2-3-5-12-9;/h2-5H,6H2,1H3,(H4,10,11,12,13,14);1H. The number of methoxy groups -OCH3 is 1. The molecule has 0 aromatic heterocycles. The summed E-state index contributed by atoms with van der Waals surface area (Å²) in [7, 11) is 1.29. The summed E-state index contributed by atoms with van der Waals surface area (Å²) in [6.07, 6.45) is 6.80. The van der Waals surface area contributed by atoms with E-state index in [2.05, 4.69) is 25.4 Å². The topological polar surface area (TPSA) is 101 Å². The van der Waals surface area contributed by atoms with Gasteiger partial charge in [0, 0.05) is 12.4 Å². The molecule has 1 heterocycles. The van der Waals surface area contributed by atoms with E-state index in [1.54, 1.807) is 24.6 Å². The Balaban J connectivity index is 0.00000256. The van der Waals surface area contributed by atoms with E-state index in [0.29, 0.717) is 5.96 Å². The van der Waals surface area contributed by atoms with E-state index in [9.17, 15) is 4.79 Å². The number of hydrogen-bond acceptors (Lipinski definition) is 5. The van der Waals surface area contributed by atoms with E-state index in [0.717, 1.165) is 0 Å². The predicted molar refractivity (Wildman–Crippen MR) is 67.7 cm³/mol. The normalized spacial score (nSPS) is 13.9. The number of guanidine groups is 2. The average molecular weight is 260 g/mol. The van der Waals surface area contributed by atoms with Crippen LogP contribution in [0.3, 0.4) is 0 Å². The minimum atomic E-state index is -0.458. The first kappa shape index (κ1) is 15.0. The van der Waals surface area contributed by atoms with E-state index in [1.165, 1.54) is 7.11 Å². The van der Waals surface area contributed by atoms with Crippen molar-refractivity contribution in [3.63, 3.8) is 0 Å². The zero-order valence-electron chi connectivity index (χ0n) is 9.21. The van der Waals surface area contributed by atoms with Gasteiger partial charge in [0.05, 0.1) is 7.11 Å². The first-order valence-electron chi connectivity index (χ1n) is 4.52. The molecule has 4 N–H and O–H groups in total. The van der Waals surface area contributed by atoms with E-state index in [4.69, 9.17) is 5.73 Å². The molecule has 0 spiro atoms. The van der Waals surface area contributed by atoms with Crippen molar-refractivity contribution < 1.29 is 9.53 Å².